The number of pyridine rings is 2. The van der Waals surface area contributed by atoms with Crippen LogP contribution in [0.5, 0.6) is 0 Å². The number of nitrogens with zero attached hydrogens (tertiary/aromatic N) is 3. The van der Waals surface area contributed by atoms with Crippen LogP contribution < -0.4 is 16.0 Å². The first-order valence-electron chi connectivity index (χ1n) is 13.0. The number of anilines is 2. The lowest BCUT2D eigenvalue weighted by Gasteiger charge is -2.23. The van der Waals surface area contributed by atoms with E-state index < -0.39 is 32.7 Å². The second-order valence-corrected chi connectivity index (χ2v) is 16.9. The van der Waals surface area contributed by atoms with Crippen LogP contribution in [0.2, 0.25) is 25.7 Å². The third kappa shape index (κ3) is 9.05. The number of rotatable bonds is 12. The fourth-order valence-corrected chi connectivity index (χ4v) is 4.75. The number of nitrogens with one attached hydrogen (secondary N) is 3. The number of ether oxygens (including phenoxy) is 1. The molecule has 0 fully saturated rings. The lowest BCUT2D eigenvalue weighted by molar-refractivity contribution is -0.139. The SMILES string of the molecule is CC(=O)Nc1cnc2c(c1)c(-c1cncc(N[C@H](C(=O)NCC(F)(F)F)C(C)C)c1)cn2COCC[Si](C)(C)C. The number of alkyl halides is 3. The van der Waals surface area contributed by atoms with Gasteiger partial charge in [0.2, 0.25) is 11.8 Å². The molecule has 0 spiro atoms. The highest BCUT2D eigenvalue weighted by Gasteiger charge is 2.30. The number of aromatic nitrogens is 3. The third-order valence-corrected chi connectivity index (χ3v) is 7.75. The van der Waals surface area contributed by atoms with Gasteiger partial charge in [0.25, 0.3) is 0 Å². The summed E-state index contributed by atoms with van der Waals surface area (Å²) < 4.78 is 45.8. The zero-order chi connectivity index (χ0) is 29.7. The molecule has 0 aliphatic carbocycles. The van der Waals surface area contributed by atoms with Crippen LogP contribution >= 0.6 is 0 Å². The number of hydrogen-bond donors (Lipinski definition) is 3. The summed E-state index contributed by atoms with van der Waals surface area (Å²) in [5, 5.41) is 8.48. The van der Waals surface area contributed by atoms with Gasteiger partial charge < -0.3 is 25.3 Å². The summed E-state index contributed by atoms with van der Waals surface area (Å²) in [6.07, 6.45) is 2.12. The van der Waals surface area contributed by atoms with Gasteiger partial charge in [-0.3, -0.25) is 14.6 Å². The molecule has 40 heavy (non-hydrogen) atoms. The summed E-state index contributed by atoms with van der Waals surface area (Å²) in [4.78, 5) is 33.0. The van der Waals surface area contributed by atoms with Gasteiger partial charge in [-0.05, 0) is 24.1 Å². The first-order chi connectivity index (χ1) is 18.6. The minimum absolute atomic E-state index is 0.229. The van der Waals surface area contributed by atoms with E-state index >= 15 is 0 Å². The molecule has 3 aromatic heterocycles. The number of hydrogen-bond acceptors (Lipinski definition) is 6. The van der Waals surface area contributed by atoms with Gasteiger partial charge in [-0.15, -0.1) is 0 Å². The Kier molecular flexibility index (Phi) is 9.95. The second kappa shape index (κ2) is 12.8. The molecule has 3 rings (SSSR count). The normalized spacial score (nSPS) is 12.9. The average molecular weight is 579 g/mol. The Balaban J connectivity index is 1.93. The molecule has 0 saturated heterocycles. The first kappa shape index (κ1) is 31.1. The van der Waals surface area contributed by atoms with E-state index in [0.717, 1.165) is 17.0 Å². The van der Waals surface area contributed by atoms with Crippen molar-refractivity contribution in [3.63, 3.8) is 0 Å². The summed E-state index contributed by atoms with van der Waals surface area (Å²) in [5.41, 5.74) is 3.11. The molecule has 3 N–H and O–H groups in total. The molecule has 0 radical (unpaired) electrons. The van der Waals surface area contributed by atoms with Crippen LogP contribution in [0.1, 0.15) is 20.8 Å². The summed E-state index contributed by atoms with van der Waals surface area (Å²) in [7, 11) is -1.26. The largest absolute Gasteiger partial charge is 0.405 e. The Bertz CT molecular complexity index is 1340. The molecule has 1 atom stereocenters. The van der Waals surface area contributed by atoms with Crippen LogP contribution in [0.25, 0.3) is 22.2 Å². The molecule has 0 aliphatic heterocycles. The minimum Gasteiger partial charge on any atom is -0.372 e. The summed E-state index contributed by atoms with van der Waals surface area (Å²) in [5.74, 6) is -1.28. The Morgan fingerprint density at radius 2 is 1.82 bits per heavy atom. The number of amides is 2. The zero-order valence-electron chi connectivity index (χ0n) is 23.6. The van der Waals surface area contributed by atoms with Crippen molar-refractivity contribution < 1.29 is 27.5 Å². The number of halogens is 3. The van der Waals surface area contributed by atoms with Crippen molar-refractivity contribution in [2.24, 2.45) is 5.92 Å². The maximum Gasteiger partial charge on any atom is 0.405 e. The van der Waals surface area contributed by atoms with Gasteiger partial charge in [0.1, 0.15) is 25.0 Å². The molecule has 0 aromatic carbocycles. The summed E-state index contributed by atoms with van der Waals surface area (Å²) in [6.45, 7) is 11.2. The van der Waals surface area contributed by atoms with Gasteiger partial charge in [0.05, 0.1) is 17.6 Å². The molecule has 0 aliphatic rings. The Labute approximate surface area is 232 Å². The van der Waals surface area contributed by atoms with Crippen molar-refractivity contribution in [1.29, 1.82) is 0 Å². The van der Waals surface area contributed by atoms with Gasteiger partial charge >= 0.3 is 6.18 Å². The lowest BCUT2D eigenvalue weighted by atomic mass is 10.0. The molecule has 3 aromatic rings. The van der Waals surface area contributed by atoms with E-state index in [9.17, 15) is 22.8 Å². The Morgan fingerprint density at radius 3 is 2.45 bits per heavy atom. The van der Waals surface area contributed by atoms with Crippen molar-refractivity contribution in [2.45, 2.75) is 65.4 Å². The van der Waals surface area contributed by atoms with E-state index in [4.69, 9.17) is 4.74 Å². The molecular formula is C27H37F3N6O3Si. The Morgan fingerprint density at radius 1 is 1.10 bits per heavy atom. The fourth-order valence-electron chi connectivity index (χ4n) is 3.99. The van der Waals surface area contributed by atoms with Crippen LogP contribution in [0, 0.1) is 5.92 Å². The van der Waals surface area contributed by atoms with Gasteiger partial charge in [0, 0.05) is 56.7 Å². The van der Waals surface area contributed by atoms with E-state index in [2.05, 4.69) is 40.2 Å². The van der Waals surface area contributed by atoms with Crippen molar-refractivity contribution in [1.82, 2.24) is 19.9 Å². The van der Waals surface area contributed by atoms with Gasteiger partial charge in [-0.1, -0.05) is 33.5 Å². The second-order valence-electron chi connectivity index (χ2n) is 11.3. The molecular weight excluding hydrogens is 541 g/mol. The van der Waals surface area contributed by atoms with Crippen LogP contribution in [-0.2, 0) is 21.1 Å². The summed E-state index contributed by atoms with van der Waals surface area (Å²) >= 11 is 0. The van der Waals surface area contributed by atoms with Crippen LogP contribution in [0.3, 0.4) is 0 Å². The quantitative estimate of drug-likeness (QED) is 0.194. The molecule has 0 saturated carbocycles. The van der Waals surface area contributed by atoms with E-state index in [1.807, 2.05) is 22.1 Å². The highest BCUT2D eigenvalue weighted by atomic mass is 28.3. The fraction of sp³-hybridized carbons (Fsp3) is 0.481. The van der Waals surface area contributed by atoms with E-state index in [1.54, 1.807) is 32.3 Å². The van der Waals surface area contributed by atoms with E-state index in [-0.39, 0.29) is 18.6 Å². The molecule has 0 bridgehead atoms. The van der Waals surface area contributed by atoms with Gasteiger partial charge in [0.15, 0.2) is 0 Å². The van der Waals surface area contributed by atoms with Crippen molar-refractivity contribution in [3.05, 3.63) is 36.9 Å². The predicted octanol–water partition coefficient (Wildman–Crippen LogP) is 5.48. The van der Waals surface area contributed by atoms with Crippen LogP contribution in [0.15, 0.2) is 36.9 Å². The molecule has 9 nitrogen and oxygen atoms in total. The van der Waals surface area contributed by atoms with Crippen molar-refractivity contribution in [3.8, 4) is 11.1 Å². The zero-order valence-corrected chi connectivity index (χ0v) is 24.6. The highest BCUT2D eigenvalue weighted by molar-refractivity contribution is 6.76. The lowest BCUT2D eigenvalue weighted by Crippen LogP contribution is -2.46. The Hall–Kier alpha value is -3.45. The predicted molar refractivity (Wildman–Crippen MR) is 153 cm³/mol. The monoisotopic (exact) mass is 578 g/mol. The van der Waals surface area contributed by atoms with Crippen molar-refractivity contribution >= 4 is 42.3 Å². The highest BCUT2D eigenvalue weighted by Crippen LogP contribution is 2.32. The average Bonchev–Trinajstić information content (AvgIpc) is 3.20. The van der Waals surface area contributed by atoms with E-state index in [1.165, 1.54) is 13.1 Å². The third-order valence-electron chi connectivity index (χ3n) is 6.04. The molecule has 13 heteroatoms. The van der Waals surface area contributed by atoms with Gasteiger partial charge in [-0.2, -0.15) is 13.2 Å². The molecule has 2 amide bonds. The molecule has 218 valence electrons. The van der Waals surface area contributed by atoms with Crippen LogP contribution in [0.4, 0.5) is 24.5 Å². The topological polar surface area (TPSA) is 110 Å². The molecule has 3 heterocycles. The van der Waals surface area contributed by atoms with Crippen LogP contribution in [-0.4, -0.2) is 59.8 Å². The summed E-state index contributed by atoms with van der Waals surface area (Å²) in [6, 6.07) is 3.70. The maximum atomic E-state index is 12.6. The van der Waals surface area contributed by atoms with Gasteiger partial charge in [-0.25, -0.2) is 4.98 Å². The van der Waals surface area contributed by atoms with E-state index in [0.29, 0.717) is 29.2 Å². The number of carbonyl (C=O) groups is 2. The molecule has 0 unspecified atom stereocenters. The smallest absolute Gasteiger partial charge is 0.372 e. The standard InChI is InChI=1S/C27H37F3N6O3Si/c1-17(2)24(26(38)33-15-27(28,29)30)35-20-9-19(11-31-12-20)23-14-36(16-39-7-8-40(4,5)6)25-22(23)10-21(13-32-25)34-18(3)37/h9-14,17,24,35H,7-8,15-16H2,1-6H3,(H,33,38)(H,34,37)/t24-/m0/s1. The first-order valence-corrected chi connectivity index (χ1v) is 16.7. The van der Waals surface area contributed by atoms with Crippen molar-refractivity contribution in [2.75, 3.05) is 23.8 Å². The minimum atomic E-state index is -4.50. The number of carbonyl (C=O) groups excluding carboxylic acids is 2. The maximum absolute atomic E-state index is 12.6. The number of fused-ring (bicyclic) bond motifs is 1.